The summed E-state index contributed by atoms with van der Waals surface area (Å²) in [5, 5.41) is 49.2. The van der Waals surface area contributed by atoms with Crippen LogP contribution in [0.1, 0.15) is 97.3 Å². The minimum Gasteiger partial charge on any atom is -0.511 e. The normalized spacial score (nSPS) is 29.8. The van der Waals surface area contributed by atoms with Crippen LogP contribution in [-0.4, -0.2) is 99.1 Å². The third-order valence-corrected chi connectivity index (χ3v) is 8.13. The number of ether oxygens (including phenoxy) is 2. The van der Waals surface area contributed by atoms with Gasteiger partial charge in [-0.05, 0) is 19.8 Å². The number of Topliss-reactive ketones (excluding diaryl/α,β-unsaturated/α-hetero) is 1. The summed E-state index contributed by atoms with van der Waals surface area (Å²) >= 11 is 0. The molecule has 0 saturated carbocycles. The highest BCUT2D eigenvalue weighted by Gasteiger charge is 2.44. The highest BCUT2D eigenvalue weighted by molar-refractivity contribution is 6.26. The quantitative estimate of drug-likeness (QED) is 0.0740. The minimum atomic E-state index is -1.41. The van der Waals surface area contributed by atoms with Crippen LogP contribution >= 0.6 is 0 Å². The maximum atomic E-state index is 12.3. The van der Waals surface area contributed by atoms with E-state index in [2.05, 4.69) is 0 Å². The highest BCUT2D eigenvalue weighted by atomic mass is 16.7. The Morgan fingerprint density at radius 1 is 0.872 bits per heavy atom. The molecular weight excluding hydrogens is 506 g/mol. The van der Waals surface area contributed by atoms with E-state index in [9.17, 15) is 35.1 Å². The molecule has 2 fully saturated rings. The molecule has 5 N–H and O–H groups in total. The van der Waals surface area contributed by atoms with Crippen molar-refractivity contribution in [1.82, 2.24) is 4.90 Å². The van der Waals surface area contributed by atoms with Crippen LogP contribution < -0.4 is 0 Å². The molecule has 0 aromatic carbocycles. The molecule has 0 spiro atoms. The second-order valence-corrected chi connectivity index (χ2v) is 11.2. The molecule has 0 radical (unpaired) electrons. The second kappa shape index (κ2) is 17.3. The van der Waals surface area contributed by atoms with E-state index in [4.69, 9.17) is 9.47 Å². The molecule has 0 bridgehead atoms. The van der Waals surface area contributed by atoms with Crippen LogP contribution in [0.25, 0.3) is 0 Å². The van der Waals surface area contributed by atoms with Crippen LogP contribution in [-0.2, 0) is 19.1 Å². The van der Waals surface area contributed by atoms with Gasteiger partial charge in [-0.25, -0.2) is 0 Å². The van der Waals surface area contributed by atoms with Gasteiger partial charge in [0, 0.05) is 19.6 Å². The predicted molar refractivity (Wildman–Crippen MR) is 146 cm³/mol. The van der Waals surface area contributed by atoms with Crippen LogP contribution in [0.4, 0.5) is 0 Å². The average Bonchev–Trinajstić information content (AvgIpc) is 3.12. The van der Waals surface area contributed by atoms with Crippen LogP contribution in [0.2, 0.25) is 0 Å². The first kappa shape index (κ1) is 33.6. The van der Waals surface area contributed by atoms with Crippen molar-refractivity contribution in [3.8, 4) is 0 Å². The Bertz CT molecular complexity index is 765. The average molecular weight is 558 g/mol. The summed E-state index contributed by atoms with van der Waals surface area (Å²) in [7, 11) is 1.59. The minimum absolute atomic E-state index is 0.0288. The Kier molecular flexibility index (Phi) is 14.9. The Balaban J connectivity index is 1.41. The van der Waals surface area contributed by atoms with E-state index < -0.39 is 43.4 Å². The van der Waals surface area contributed by atoms with Crippen molar-refractivity contribution in [3.05, 3.63) is 11.3 Å². The van der Waals surface area contributed by atoms with Gasteiger partial charge in [-0.3, -0.25) is 9.59 Å². The van der Waals surface area contributed by atoms with Crippen molar-refractivity contribution in [1.29, 1.82) is 0 Å². The van der Waals surface area contributed by atoms with Crippen molar-refractivity contribution in [2.45, 2.75) is 134 Å². The molecule has 0 aliphatic carbocycles. The summed E-state index contributed by atoms with van der Waals surface area (Å²) in [6, 6.07) is -0.505. The zero-order valence-corrected chi connectivity index (χ0v) is 24.0. The summed E-state index contributed by atoms with van der Waals surface area (Å²) in [5.74, 6) is -0.904. The molecule has 10 heteroatoms. The maximum absolute atomic E-state index is 12.3. The van der Waals surface area contributed by atoms with Gasteiger partial charge in [0.25, 0.3) is 5.91 Å². The third-order valence-electron chi connectivity index (χ3n) is 8.13. The SMILES string of the molecule is CC(CCCCCCCCCCCCCCOC1OC(CO)C(O)C(O)C1O)C(O)=C1C(=O)C(C)N(C)C1=O. The van der Waals surface area contributed by atoms with E-state index in [1.165, 1.54) is 37.0 Å². The molecule has 1 amide bonds. The lowest BCUT2D eigenvalue weighted by Crippen LogP contribution is -2.59. The lowest BCUT2D eigenvalue weighted by molar-refractivity contribution is -0.301. The van der Waals surface area contributed by atoms with Crippen molar-refractivity contribution >= 4 is 11.7 Å². The molecule has 2 aliphatic rings. The van der Waals surface area contributed by atoms with Crippen LogP contribution in [0, 0.1) is 5.92 Å². The van der Waals surface area contributed by atoms with Crippen LogP contribution in [0.5, 0.6) is 0 Å². The van der Waals surface area contributed by atoms with Gasteiger partial charge < -0.3 is 39.9 Å². The first-order valence-electron chi connectivity index (χ1n) is 14.8. The summed E-state index contributed by atoms with van der Waals surface area (Å²) in [6.45, 7) is 3.48. The summed E-state index contributed by atoms with van der Waals surface area (Å²) in [6.07, 6.45) is 7.97. The third kappa shape index (κ3) is 9.79. The molecule has 39 heavy (non-hydrogen) atoms. The van der Waals surface area contributed by atoms with Crippen molar-refractivity contribution in [3.63, 3.8) is 0 Å². The Hall–Kier alpha value is -1.56. The zero-order chi connectivity index (χ0) is 28.9. The van der Waals surface area contributed by atoms with Crippen molar-refractivity contribution in [2.75, 3.05) is 20.3 Å². The number of ketones is 1. The van der Waals surface area contributed by atoms with Gasteiger partial charge in [0.1, 0.15) is 35.7 Å². The number of likely N-dealkylation sites (N-methyl/N-ethyl adjacent to an activating group) is 1. The number of carbonyl (C=O) groups is 2. The standard InChI is InChI=1S/C29H51NO9/c1-19(23(32)22-24(33)20(2)30(3)28(22)37)16-14-12-10-8-6-4-5-7-9-11-13-15-17-38-29-27(36)26(35)25(34)21(18-31)39-29/h19-21,25-27,29,31-32,34-36H,4-18H2,1-3H3. The number of aliphatic hydroxyl groups excluding tert-OH is 5. The van der Waals surface area contributed by atoms with E-state index in [0.29, 0.717) is 6.61 Å². The van der Waals surface area contributed by atoms with Crippen molar-refractivity contribution in [2.24, 2.45) is 5.92 Å². The number of carbonyl (C=O) groups excluding carboxylic acids is 2. The fourth-order valence-electron chi connectivity index (χ4n) is 5.19. The molecule has 226 valence electrons. The molecule has 2 saturated heterocycles. The number of nitrogens with zero attached hydrogens (tertiary/aromatic N) is 1. The van der Waals surface area contributed by atoms with E-state index in [0.717, 1.165) is 51.4 Å². The fraction of sp³-hybridized carbons (Fsp3) is 0.862. The van der Waals surface area contributed by atoms with Gasteiger partial charge in [-0.2, -0.15) is 0 Å². The summed E-state index contributed by atoms with van der Waals surface area (Å²) in [4.78, 5) is 25.9. The maximum Gasteiger partial charge on any atom is 0.261 e. The number of rotatable bonds is 18. The Morgan fingerprint density at radius 3 is 1.87 bits per heavy atom. The van der Waals surface area contributed by atoms with Gasteiger partial charge in [0.05, 0.1) is 12.6 Å². The molecular formula is C29H51NO9. The number of hydrogen-bond donors (Lipinski definition) is 5. The number of hydrogen-bond acceptors (Lipinski definition) is 9. The van der Waals surface area contributed by atoms with E-state index in [-0.39, 0.29) is 28.9 Å². The van der Waals surface area contributed by atoms with Crippen LogP contribution in [0.15, 0.2) is 11.3 Å². The predicted octanol–water partition coefficient (Wildman–Crippen LogP) is 2.75. The largest absolute Gasteiger partial charge is 0.511 e. The molecule has 7 atom stereocenters. The number of likely N-dealkylation sites (tertiary alicyclic amines) is 1. The van der Waals surface area contributed by atoms with Gasteiger partial charge in [0.2, 0.25) is 0 Å². The van der Waals surface area contributed by atoms with Gasteiger partial charge in [-0.1, -0.05) is 77.6 Å². The first-order valence-corrected chi connectivity index (χ1v) is 14.8. The van der Waals surface area contributed by atoms with Gasteiger partial charge in [-0.15, -0.1) is 0 Å². The van der Waals surface area contributed by atoms with Gasteiger partial charge >= 0.3 is 0 Å². The number of allylic oxidation sites excluding steroid dienone is 1. The lowest BCUT2D eigenvalue weighted by atomic mass is 9.95. The van der Waals surface area contributed by atoms with E-state index in [1.54, 1.807) is 14.0 Å². The highest BCUT2D eigenvalue weighted by Crippen LogP contribution is 2.27. The topological polar surface area (TPSA) is 157 Å². The number of amides is 1. The molecule has 2 rings (SSSR count). The molecule has 7 unspecified atom stereocenters. The first-order chi connectivity index (χ1) is 18.6. The van der Waals surface area contributed by atoms with E-state index >= 15 is 0 Å². The number of aliphatic hydroxyl groups is 5. The van der Waals surface area contributed by atoms with Crippen LogP contribution in [0.3, 0.4) is 0 Å². The molecule has 2 aliphatic heterocycles. The monoisotopic (exact) mass is 557 g/mol. The van der Waals surface area contributed by atoms with Gasteiger partial charge in [0.15, 0.2) is 12.1 Å². The zero-order valence-electron chi connectivity index (χ0n) is 24.0. The summed E-state index contributed by atoms with van der Waals surface area (Å²) < 4.78 is 10.8. The lowest BCUT2D eigenvalue weighted by Gasteiger charge is -2.39. The number of unbranched alkanes of at least 4 members (excludes halogenated alkanes) is 11. The van der Waals surface area contributed by atoms with E-state index in [1.807, 2.05) is 6.92 Å². The smallest absolute Gasteiger partial charge is 0.261 e. The van der Waals surface area contributed by atoms with Crippen molar-refractivity contribution < 1.29 is 44.6 Å². The second-order valence-electron chi connectivity index (χ2n) is 11.2. The Labute approximate surface area is 233 Å². The Morgan fingerprint density at radius 2 is 1.38 bits per heavy atom. The molecule has 2 heterocycles. The fourth-order valence-corrected chi connectivity index (χ4v) is 5.19. The molecule has 10 nitrogen and oxygen atoms in total. The molecule has 0 aromatic rings. The summed E-state index contributed by atoms with van der Waals surface area (Å²) in [5.41, 5.74) is -0.0288. The molecule has 0 aromatic heterocycles.